The molecule has 0 aliphatic heterocycles. The van der Waals surface area contributed by atoms with E-state index < -0.39 is 5.67 Å². The Morgan fingerprint density at radius 1 is 1.37 bits per heavy atom. The normalized spacial score (nSPS) is 17.1. The van der Waals surface area contributed by atoms with Gasteiger partial charge in [-0.3, -0.25) is 0 Å². The second kappa shape index (κ2) is 6.82. The van der Waals surface area contributed by atoms with E-state index in [-0.39, 0.29) is 16.8 Å². The summed E-state index contributed by atoms with van der Waals surface area (Å²) in [7, 11) is 0. The van der Waals surface area contributed by atoms with Crippen LogP contribution in [0, 0.1) is 17.9 Å². The van der Waals surface area contributed by atoms with E-state index >= 15 is 4.39 Å². The number of benzene rings is 1. The quantitative estimate of drug-likeness (QED) is 0.570. The number of rotatable bonds is 5. The van der Waals surface area contributed by atoms with Crippen molar-refractivity contribution < 1.29 is 4.39 Å². The number of alkyl halides is 1. The first-order chi connectivity index (χ1) is 14.5. The molecule has 0 spiro atoms. The van der Waals surface area contributed by atoms with E-state index in [1.165, 1.54) is 16.8 Å². The fraction of sp³-hybridized carbons (Fsp3) is 0.350. The third-order valence-corrected chi connectivity index (χ3v) is 5.86. The van der Waals surface area contributed by atoms with Crippen molar-refractivity contribution in [2.75, 3.05) is 10.6 Å². The summed E-state index contributed by atoms with van der Waals surface area (Å²) in [5.41, 5.74) is -0.128. The average Bonchev–Trinajstić information content (AvgIpc) is 3.44. The summed E-state index contributed by atoms with van der Waals surface area (Å²) in [5, 5.41) is 20.3. The largest absolute Gasteiger partial charge is 0.362 e. The van der Waals surface area contributed by atoms with Crippen LogP contribution in [0.2, 0.25) is 5.02 Å². The molecule has 8 nitrogen and oxygen atoms in total. The number of nitrogens with one attached hydrogen (secondary N) is 2. The molecule has 0 radical (unpaired) electrons. The second-order valence-corrected chi connectivity index (χ2v) is 7.99. The van der Waals surface area contributed by atoms with E-state index in [0.29, 0.717) is 47.2 Å². The standard InChI is InChI=1S/C20H16ClFN8/c1-24-15-10-25-18-17(26-12-3-4-12)28-19(29-30(15)18)27-14-8-11(9-23)7-13(16(14)21)20(22)5-2-6-20/h7-8,10,12H,2-6H2,(H2,26,27,28,29). The minimum Gasteiger partial charge on any atom is -0.362 e. The Kier molecular flexibility index (Phi) is 4.23. The fourth-order valence-corrected chi connectivity index (χ4v) is 3.83. The van der Waals surface area contributed by atoms with Gasteiger partial charge in [0.25, 0.3) is 17.4 Å². The smallest absolute Gasteiger partial charge is 0.275 e. The second-order valence-electron chi connectivity index (χ2n) is 7.61. The Labute approximate surface area is 176 Å². The monoisotopic (exact) mass is 422 g/mol. The van der Waals surface area contributed by atoms with Crippen LogP contribution in [0.1, 0.15) is 43.2 Å². The van der Waals surface area contributed by atoms with Gasteiger partial charge in [-0.1, -0.05) is 23.3 Å². The van der Waals surface area contributed by atoms with E-state index in [1.807, 2.05) is 0 Å². The Balaban J connectivity index is 1.59. The third kappa shape index (κ3) is 3.08. The van der Waals surface area contributed by atoms with Gasteiger partial charge in [-0.15, -0.1) is 4.52 Å². The van der Waals surface area contributed by atoms with E-state index in [1.54, 1.807) is 6.07 Å². The van der Waals surface area contributed by atoms with E-state index in [4.69, 9.17) is 18.2 Å². The molecule has 2 aromatic heterocycles. The zero-order valence-corrected chi connectivity index (χ0v) is 16.5. The van der Waals surface area contributed by atoms with Crippen molar-refractivity contribution in [1.82, 2.24) is 19.6 Å². The fourth-order valence-electron chi connectivity index (χ4n) is 3.50. The molecule has 2 saturated carbocycles. The van der Waals surface area contributed by atoms with Gasteiger partial charge >= 0.3 is 0 Å². The maximum Gasteiger partial charge on any atom is 0.275 e. The lowest BCUT2D eigenvalue weighted by atomic mass is 9.76. The number of imidazole rings is 1. The lowest BCUT2D eigenvalue weighted by Gasteiger charge is -2.35. The van der Waals surface area contributed by atoms with Crippen molar-refractivity contribution in [3.05, 3.63) is 45.9 Å². The highest BCUT2D eigenvalue weighted by molar-refractivity contribution is 6.34. The van der Waals surface area contributed by atoms with Gasteiger partial charge in [-0.05, 0) is 44.2 Å². The van der Waals surface area contributed by atoms with Crippen molar-refractivity contribution in [3.8, 4) is 6.07 Å². The van der Waals surface area contributed by atoms with Crippen LogP contribution in [0.15, 0.2) is 18.3 Å². The summed E-state index contributed by atoms with van der Waals surface area (Å²) in [6.45, 7) is 7.33. The first kappa shape index (κ1) is 18.6. The zero-order chi connectivity index (χ0) is 20.9. The maximum atomic E-state index is 15.1. The van der Waals surface area contributed by atoms with Crippen molar-refractivity contribution in [2.24, 2.45) is 0 Å². The Morgan fingerprint density at radius 2 is 2.17 bits per heavy atom. The molecule has 2 fully saturated rings. The number of hydrogen-bond acceptors (Lipinski definition) is 6. The Bertz CT molecular complexity index is 1250. The molecule has 0 bridgehead atoms. The highest BCUT2D eigenvalue weighted by Gasteiger charge is 2.41. The Morgan fingerprint density at radius 3 is 2.80 bits per heavy atom. The highest BCUT2D eigenvalue weighted by Crippen LogP contribution is 2.49. The molecule has 5 rings (SSSR count). The number of anilines is 3. The van der Waals surface area contributed by atoms with Crippen molar-refractivity contribution in [2.45, 2.75) is 43.8 Å². The molecular formula is C20H16ClFN8. The summed E-state index contributed by atoms with van der Waals surface area (Å²) in [5.74, 6) is 0.903. The van der Waals surface area contributed by atoms with Gasteiger partial charge in [-0.25, -0.2) is 9.37 Å². The van der Waals surface area contributed by atoms with Crippen LogP contribution in [0.5, 0.6) is 0 Å². The molecule has 150 valence electrons. The topological polar surface area (TPSA) is 95.3 Å². The molecule has 10 heteroatoms. The molecular weight excluding hydrogens is 407 g/mol. The predicted molar refractivity (Wildman–Crippen MR) is 110 cm³/mol. The lowest BCUT2D eigenvalue weighted by Crippen LogP contribution is -2.29. The summed E-state index contributed by atoms with van der Waals surface area (Å²) in [4.78, 5) is 12.2. The predicted octanol–water partition coefficient (Wildman–Crippen LogP) is 4.87. The van der Waals surface area contributed by atoms with Crippen LogP contribution in [0.25, 0.3) is 10.5 Å². The van der Waals surface area contributed by atoms with Crippen molar-refractivity contribution in [3.63, 3.8) is 0 Å². The molecule has 0 atom stereocenters. The number of fused-ring (bicyclic) bond motifs is 1. The summed E-state index contributed by atoms with van der Waals surface area (Å²) in [6.07, 6.45) is 5.04. The molecule has 0 saturated heterocycles. The highest BCUT2D eigenvalue weighted by atomic mass is 35.5. The first-order valence-electron chi connectivity index (χ1n) is 9.60. The van der Waals surface area contributed by atoms with Gasteiger partial charge in [0.1, 0.15) is 5.67 Å². The van der Waals surface area contributed by atoms with Crippen molar-refractivity contribution >= 4 is 40.5 Å². The van der Waals surface area contributed by atoms with Gasteiger partial charge in [-0.2, -0.15) is 10.2 Å². The van der Waals surface area contributed by atoms with E-state index in [0.717, 1.165) is 19.3 Å². The number of nitrogens with zero attached hydrogens (tertiary/aromatic N) is 6. The molecule has 2 aliphatic carbocycles. The SMILES string of the molecule is [C-]#[N+]c1cnc2c(NC3CC3)nc(Nc3cc(C#N)cc(C4(F)CCC4)c3Cl)nn12. The van der Waals surface area contributed by atoms with Gasteiger partial charge in [0.2, 0.25) is 0 Å². The van der Waals surface area contributed by atoms with Crippen LogP contribution in [0.3, 0.4) is 0 Å². The summed E-state index contributed by atoms with van der Waals surface area (Å²) in [6, 6.07) is 5.41. The van der Waals surface area contributed by atoms with Gasteiger partial charge in [0, 0.05) is 11.6 Å². The molecule has 30 heavy (non-hydrogen) atoms. The minimum absolute atomic E-state index is 0.165. The molecule has 2 aliphatic rings. The molecule has 1 aromatic carbocycles. The molecule has 2 heterocycles. The molecule has 0 unspecified atom stereocenters. The van der Waals surface area contributed by atoms with Crippen LogP contribution < -0.4 is 10.6 Å². The van der Waals surface area contributed by atoms with Crippen molar-refractivity contribution in [1.29, 1.82) is 5.26 Å². The summed E-state index contributed by atoms with van der Waals surface area (Å²) < 4.78 is 16.5. The zero-order valence-electron chi connectivity index (χ0n) is 15.8. The maximum absolute atomic E-state index is 15.1. The molecule has 3 aromatic rings. The third-order valence-electron chi connectivity index (χ3n) is 5.45. The Hall–Kier alpha value is -3.43. The number of aromatic nitrogens is 4. The molecule has 0 amide bonds. The summed E-state index contributed by atoms with van der Waals surface area (Å²) >= 11 is 6.52. The first-order valence-corrected chi connectivity index (χ1v) is 9.98. The van der Waals surface area contributed by atoms with Gasteiger partial charge in [0.15, 0.2) is 5.82 Å². The van der Waals surface area contributed by atoms with E-state index in [9.17, 15) is 5.26 Å². The van der Waals surface area contributed by atoms with Crippen LogP contribution >= 0.6 is 11.6 Å². The van der Waals surface area contributed by atoms with Crippen LogP contribution in [0.4, 0.5) is 27.7 Å². The van der Waals surface area contributed by atoms with E-state index in [2.05, 4.69) is 36.6 Å². The lowest BCUT2D eigenvalue weighted by molar-refractivity contribution is 0.0610. The van der Waals surface area contributed by atoms with Gasteiger partial charge in [0.05, 0.1) is 28.5 Å². The molecule has 2 N–H and O–H groups in total. The number of nitriles is 1. The van der Waals surface area contributed by atoms with Crippen LogP contribution in [-0.4, -0.2) is 25.6 Å². The minimum atomic E-state index is -1.52. The average molecular weight is 423 g/mol. The number of halogens is 2. The van der Waals surface area contributed by atoms with Gasteiger partial charge < -0.3 is 15.5 Å². The van der Waals surface area contributed by atoms with Crippen LogP contribution in [-0.2, 0) is 5.67 Å². The number of hydrogen-bond donors (Lipinski definition) is 2.